The fourth-order valence-electron chi connectivity index (χ4n) is 2.50. The first-order valence-corrected chi connectivity index (χ1v) is 5.11. The van der Waals surface area contributed by atoms with Crippen LogP contribution in [0.5, 0.6) is 0 Å². The molecule has 0 saturated carbocycles. The Morgan fingerprint density at radius 1 is 1.50 bits per heavy atom. The summed E-state index contributed by atoms with van der Waals surface area (Å²) in [5.74, 6) is 0.161. The molecule has 1 amide bonds. The molecule has 2 heterocycles. The summed E-state index contributed by atoms with van der Waals surface area (Å²) < 4.78 is 0. The Balaban J connectivity index is 2.04. The van der Waals surface area contributed by atoms with Crippen LogP contribution < -0.4 is 5.32 Å². The number of nitriles is 1. The highest BCUT2D eigenvalue weighted by molar-refractivity contribution is 5.79. The number of carbonyl (C=O) groups excluding carboxylic acids is 1. The second-order valence-electron chi connectivity index (χ2n) is 4.33. The van der Waals surface area contributed by atoms with Gasteiger partial charge < -0.3 is 10.2 Å². The molecule has 0 radical (unpaired) electrons. The van der Waals surface area contributed by atoms with Crippen LogP contribution >= 0.6 is 0 Å². The van der Waals surface area contributed by atoms with Gasteiger partial charge in [0.05, 0.1) is 6.07 Å². The van der Waals surface area contributed by atoms with Gasteiger partial charge in [0.1, 0.15) is 6.54 Å². The summed E-state index contributed by atoms with van der Waals surface area (Å²) in [7, 11) is 0. The second kappa shape index (κ2) is 3.58. The van der Waals surface area contributed by atoms with E-state index in [4.69, 9.17) is 5.26 Å². The van der Waals surface area contributed by atoms with Crippen LogP contribution in [0.1, 0.15) is 19.3 Å². The molecule has 2 saturated heterocycles. The minimum atomic E-state index is 0.161. The molecule has 0 aromatic carbocycles. The predicted octanol–water partition coefficient (Wildman–Crippen LogP) is 0.112. The third-order valence-electron chi connectivity index (χ3n) is 3.33. The lowest BCUT2D eigenvalue weighted by Crippen LogP contribution is -2.38. The molecule has 1 spiro atoms. The van der Waals surface area contributed by atoms with Crippen LogP contribution in [0, 0.1) is 16.7 Å². The van der Waals surface area contributed by atoms with Crippen molar-refractivity contribution in [3.8, 4) is 6.07 Å². The standard InChI is InChI=1S/C10H15N3O/c11-3-6-13-8-10(7-9(13)14)1-4-12-5-2-10/h12H,1-2,4-8H2. The fraction of sp³-hybridized carbons (Fsp3) is 0.800. The number of nitrogens with one attached hydrogen (secondary N) is 1. The number of hydrogen-bond donors (Lipinski definition) is 1. The maximum Gasteiger partial charge on any atom is 0.224 e. The van der Waals surface area contributed by atoms with Gasteiger partial charge in [-0.1, -0.05) is 0 Å². The van der Waals surface area contributed by atoms with Crippen molar-refractivity contribution in [1.82, 2.24) is 10.2 Å². The smallest absolute Gasteiger partial charge is 0.224 e. The Hall–Kier alpha value is -1.08. The largest absolute Gasteiger partial charge is 0.329 e. The molecule has 0 aromatic rings. The first-order chi connectivity index (χ1) is 6.76. The van der Waals surface area contributed by atoms with Gasteiger partial charge in [-0.15, -0.1) is 0 Å². The highest BCUT2D eigenvalue weighted by Gasteiger charge is 2.43. The summed E-state index contributed by atoms with van der Waals surface area (Å²) >= 11 is 0. The number of nitrogens with zero attached hydrogens (tertiary/aromatic N) is 2. The molecule has 14 heavy (non-hydrogen) atoms. The van der Waals surface area contributed by atoms with Gasteiger partial charge in [0.15, 0.2) is 0 Å². The maximum atomic E-state index is 11.6. The Morgan fingerprint density at radius 2 is 2.21 bits per heavy atom. The van der Waals surface area contributed by atoms with Crippen molar-refractivity contribution in [3.63, 3.8) is 0 Å². The summed E-state index contributed by atoms with van der Waals surface area (Å²) in [6.07, 6.45) is 2.79. The van der Waals surface area contributed by atoms with Crippen LogP contribution in [0.3, 0.4) is 0 Å². The number of amides is 1. The third-order valence-corrected chi connectivity index (χ3v) is 3.33. The van der Waals surface area contributed by atoms with Crippen LogP contribution in [-0.4, -0.2) is 37.0 Å². The van der Waals surface area contributed by atoms with Crippen molar-refractivity contribution in [3.05, 3.63) is 0 Å². The molecule has 4 nitrogen and oxygen atoms in total. The van der Waals surface area contributed by atoms with Crippen LogP contribution in [0.25, 0.3) is 0 Å². The SMILES string of the molecule is N#CCN1CC2(CCNCC2)CC1=O. The number of hydrogen-bond acceptors (Lipinski definition) is 3. The van der Waals surface area contributed by atoms with Crippen LogP contribution in [0.2, 0.25) is 0 Å². The quantitative estimate of drug-likeness (QED) is 0.601. The van der Waals surface area contributed by atoms with Gasteiger partial charge in [0, 0.05) is 13.0 Å². The summed E-state index contributed by atoms with van der Waals surface area (Å²) in [5, 5.41) is 11.9. The second-order valence-corrected chi connectivity index (χ2v) is 4.33. The highest BCUT2D eigenvalue weighted by Crippen LogP contribution is 2.38. The average Bonchev–Trinajstić information content (AvgIpc) is 2.45. The number of carbonyl (C=O) groups is 1. The fourth-order valence-corrected chi connectivity index (χ4v) is 2.50. The van der Waals surface area contributed by atoms with Crippen molar-refractivity contribution >= 4 is 5.91 Å². The molecule has 1 N–H and O–H groups in total. The van der Waals surface area contributed by atoms with Crippen LogP contribution in [0.15, 0.2) is 0 Å². The molecular formula is C10H15N3O. The minimum Gasteiger partial charge on any atom is -0.329 e. The molecule has 0 aliphatic carbocycles. The van der Waals surface area contributed by atoms with Gasteiger partial charge in [0.2, 0.25) is 5.91 Å². The van der Waals surface area contributed by atoms with Gasteiger partial charge in [-0.05, 0) is 31.3 Å². The molecule has 76 valence electrons. The van der Waals surface area contributed by atoms with Gasteiger partial charge >= 0.3 is 0 Å². The number of piperidine rings is 1. The van der Waals surface area contributed by atoms with Gasteiger partial charge in [0.25, 0.3) is 0 Å². The lowest BCUT2D eigenvalue weighted by atomic mass is 9.78. The minimum absolute atomic E-state index is 0.161. The predicted molar refractivity (Wildman–Crippen MR) is 51.3 cm³/mol. The molecule has 0 atom stereocenters. The van der Waals surface area contributed by atoms with Crippen LogP contribution in [-0.2, 0) is 4.79 Å². The zero-order chi connectivity index (χ0) is 10.0. The van der Waals surface area contributed by atoms with Crippen molar-refractivity contribution in [2.45, 2.75) is 19.3 Å². The van der Waals surface area contributed by atoms with Crippen molar-refractivity contribution in [1.29, 1.82) is 5.26 Å². The van der Waals surface area contributed by atoms with Gasteiger partial charge in [-0.2, -0.15) is 5.26 Å². The topological polar surface area (TPSA) is 56.1 Å². The average molecular weight is 193 g/mol. The monoisotopic (exact) mass is 193 g/mol. The van der Waals surface area contributed by atoms with Gasteiger partial charge in [-0.3, -0.25) is 4.79 Å². The Bertz CT molecular complexity index is 276. The zero-order valence-corrected chi connectivity index (χ0v) is 8.25. The highest BCUT2D eigenvalue weighted by atomic mass is 16.2. The lowest BCUT2D eigenvalue weighted by Gasteiger charge is -2.32. The Labute approximate surface area is 83.9 Å². The zero-order valence-electron chi connectivity index (χ0n) is 8.25. The molecule has 0 bridgehead atoms. The van der Waals surface area contributed by atoms with Crippen molar-refractivity contribution in [2.75, 3.05) is 26.2 Å². The van der Waals surface area contributed by atoms with E-state index in [1.54, 1.807) is 4.90 Å². The number of likely N-dealkylation sites (tertiary alicyclic amines) is 1. The van der Waals surface area contributed by atoms with E-state index in [0.29, 0.717) is 6.42 Å². The molecule has 2 fully saturated rings. The molecule has 0 unspecified atom stereocenters. The first kappa shape index (κ1) is 9.47. The molecular weight excluding hydrogens is 178 g/mol. The van der Waals surface area contributed by atoms with E-state index in [1.165, 1.54) is 0 Å². The van der Waals surface area contributed by atoms with Gasteiger partial charge in [-0.25, -0.2) is 0 Å². The van der Waals surface area contributed by atoms with E-state index < -0.39 is 0 Å². The van der Waals surface area contributed by atoms with E-state index in [0.717, 1.165) is 32.5 Å². The molecule has 0 aromatic heterocycles. The van der Waals surface area contributed by atoms with E-state index in [-0.39, 0.29) is 17.9 Å². The van der Waals surface area contributed by atoms with Crippen molar-refractivity contribution < 1.29 is 4.79 Å². The van der Waals surface area contributed by atoms with E-state index >= 15 is 0 Å². The molecule has 2 aliphatic rings. The summed E-state index contributed by atoms with van der Waals surface area (Å²) in [6.45, 7) is 3.07. The molecule has 2 rings (SSSR count). The first-order valence-electron chi connectivity index (χ1n) is 5.11. The molecule has 4 heteroatoms. The lowest BCUT2D eigenvalue weighted by molar-refractivity contribution is -0.127. The third kappa shape index (κ3) is 1.60. The Kier molecular flexibility index (Phi) is 2.42. The Morgan fingerprint density at radius 3 is 2.86 bits per heavy atom. The summed E-state index contributed by atoms with van der Waals surface area (Å²) in [5.41, 5.74) is 0.180. The molecule has 2 aliphatic heterocycles. The summed E-state index contributed by atoms with van der Waals surface area (Å²) in [4.78, 5) is 13.3. The number of rotatable bonds is 1. The van der Waals surface area contributed by atoms with E-state index in [1.807, 2.05) is 0 Å². The van der Waals surface area contributed by atoms with Crippen LogP contribution in [0.4, 0.5) is 0 Å². The normalized spacial score (nSPS) is 25.4. The van der Waals surface area contributed by atoms with E-state index in [2.05, 4.69) is 11.4 Å². The van der Waals surface area contributed by atoms with E-state index in [9.17, 15) is 4.79 Å². The maximum absolute atomic E-state index is 11.6. The summed E-state index contributed by atoms with van der Waals surface area (Å²) in [6, 6.07) is 2.05. The van der Waals surface area contributed by atoms with Crippen molar-refractivity contribution in [2.24, 2.45) is 5.41 Å².